The van der Waals surface area contributed by atoms with Crippen LogP contribution in [-0.2, 0) is 16.0 Å². The lowest BCUT2D eigenvalue weighted by atomic mass is 9.86. The second-order valence-corrected chi connectivity index (χ2v) is 9.37. The Hall–Kier alpha value is -1.47. The Kier molecular flexibility index (Phi) is 7.19. The number of amides is 1. The van der Waals surface area contributed by atoms with Crippen molar-refractivity contribution >= 4 is 5.91 Å². The highest BCUT2D eigenvalue weighted by molar-refractivity contribution is 5.76. The van der Waals surface area contributed by atoms with Crippen LogP contribution in [0.2, 0.25) is 0 Å². The van der Waals surface area contributed by atoms with Crippen molar-refractivity contribution in [1.82, 2.24) is 20.3 Å². The van der Waals surface area contributed by atoms with Crippen LogP contribution in [0.5, 0.6) is 0 Å². The van der Waals surface area contributed by atoms with Crippen molar-refractivity contribution in [2.24, 2.45) is 11.8 Å². The number of hydrogen-bond acceptors (Lipinski definition) is 5. The monoisotopic (exact) mass is 406 g/mol. The Morgan fingerprint density at radius 2 is 1.93 bits per heavy atom. The topological polar surface area (TPSA) is 89.3 Å². The summed E-state index contributed by atoms with van der Waals surface area (Å²) in [7, 11) is 0. The number of nitrogens with one attached hydrogen (secondary N) is 1. The van der Waals surface area contributed by atoms with Crippen molar-refractivity contribution in [3.8, 4) is 0 Å². The third-order valence-corrected chi connectivity index (χ3v) is 7.10. The molecule has 29 heavy (non-hydrogen) atoms. The van der Waals surface area contributed by atoms with E-state index in [0.717, 1.165) is 37.3 Å². The number of aromatic nitrogens is 3. The zero-order valence-corrected chi connectivity index (χ0v) is 17.5. The van der Waals surface area contributed by atoms with Crippen LogP contribution in [0.3, 0.4) is 0 Å². The minimum Gasteiger partial charge on any atom is -0.394 e. The highest BCUT2D eigenvalue weighted by atomic mass is 16.5. The van der Waals surface area contributed by atoms with E-state index in [1.807, 2.05) is 4.68 Å². The summed E-state index contributed by atoms with van der Waals surface area (Å²) in [5, 5.41) is 21.6. The van der Waals surface area contributed by atoms with Gasteiger partial charge in [-0.2, -0.15) is 0 Å². The van der Waals surface area contributed by atoms with E-state index in [9.17, 15) is 9.90 Å². The number of ether oxygens (including phenoxy) is 1. The van der Waals surface area contributed by atoms with Crippen LogP contribution in [0.1, 0.15) is 83.8 Å². The molecule has 0 bridgehead atoms. The van der Waals surface area contributed by atoms with E-state index in [1.54, 1.807) is 0 Å². The van der Waals surface area contributed by atoms with Crippen LogP contribution in [0, 0.1) is 11.8 Å². The molecule has 3 fully saturated rings. The molecule has 3 aliphatic rings. The smallest absolute Gasteiger partial charge is 0.220 e. The van der Waals surface area contributed by atoms with Gasteiger partial charge >= 0.3 is 0 Å². The van der Waals surface area contributed by atoms with Gasteiger partial charge in [0.15, 0.2) is 0 Å². The summed E-state index contributed by atoms with van der Waals surface area (Å²) in [5.74, 6) is 1.29. The molecule has 2 saturated carbocycles. The molecule has 7 nitrogen and oxygen atoms in total. The molecule has 2 heterocycles. The van der Waals surface area contributed by atoms with Crippen molar-refractivity contribution in [2.45, 2.75) is 95.2 Å². The molecule has 7 heteroatoms. The number of hydrogen-bond donors (Lipinski definition) is 2. The van der Waals surface area contributed by atoms with Crippen LogP contribution in [0.4, 0.5) is 0 Å². The maximum absolute atomic E-state index is 12.4. The van der Waals surface area contributed by atoms with Crippen molar-refractivity contribution in [1.29, 1.82) is 0 Å². The number of carbonyl (C=O) groups excluding carboxylic acids is 1. The fourth-order valence-corrected chi connectivity index (χ4v) is 5.37. The van der Waals surface area contributed by atoms with E-state index in [4.69, 9.17) is 4.74 Å². The summed E-state index contributed by atoms with van der Waals surface area (Å²) >= 11 is 0. The third-order valence-electron chi connectivity index (χ3n) is 7.10. The average molecular weight is 407 g/mol. The van der Waals surface area contributed by atoms with E-state index < -0.39 is 0 Å². The Morgan fingerprint density at radius 1 is 1.21 bits per heavy atom. The van der Waals surface area contributed by atoms with Gasteiger partial charge < -0.3 is 15.2 Å². The Labute approximate surface area is 175 Å². The standard InChI is InChI=1S/C22H36N4O3.H2/c27-14-20(23-22(28)11-17-8-4-5-9-17)21-12-19(15-29-21)26-13-18(24-25-26)10-16-6-2-1-3-7-16;/h13,16-17,19-21,27H,1-12,14-15H2,(H,23,28);1H/t19-,20+,21+;/m1./s1. The van der Waals surface area contributed by atoms with Gasteiger partial charge in [-0.1, -0.05) is 50.2 Å². The lowest BCUT2D eigenvalue weighted by Crippen LogP contribution is -2.46. The molecule has 0 unspecified atom stereocenters. The molecule has 2 aliphatic carbocycles. The van der Waals surface area contributed by atoms with Crippen LogP contribution in [0.15, 0.2) is 6.20 Å². The molecule has 0 aromatic carbocycles. The summed E-state index contributed by atoms with van der Waals surface area (Å²) in [6.07, 6.45) is 15.6. The second kappa shape index (κ2) is 10.0. The summed E-state index contributed by atoms with van der Waals surface area (Å²) in [4.78, 5) is 12.4. The van der Waals surface area contributed by atoms with E-state index in [1.165, 1.54) is 44.9 Å². The second-order valence-electron chi connectivity index (χ2n) is 9.37. The Morgan fingerprint density at radius 3 is 2.69 bits per heavy atom. The Balaban J connectivity index is 0.00000256. The van der Waals surface area contributed by atoms with Crippen molar-refractivity contribution in [3.05, 3.63) is 11.9 Å². The molecular formula is C22H38N4O3. The summed E-state index contributed by atoms with van der Waals surface area (Å²) in [6, 6.07) is -0.229. The molecule has 1 saturated heterocycles. The SMILES string of the molecule is O=C(CC1CCCC1)N[C@@H](CO)[C@@H]1C[C@@H](n2cc(CC3CCCCC3)nn2)CO1.[HH]. The van der Waals surface area contributed by atoms with Crippen LogP contribution < -0.4 is 5.32 Å². The first-order valence-electron chi connectivity index (χ1n) is 11.6. The minimum absolute atomic E-state index is 0. The van der Waals surface area contributed by atoms with Crippen molar-refractivity contribution in [2.75, 3.05) is 13.2 Å². The molecular weight excluding hydrogens is 368 g/mol. The molecule has 0 radical (unpaired) electrons. The van der Waals surface area contributed by atoms with Gasteiger partial charge in [-0.05, 0) is 31.1 Å². The molecule has 1 aromatic rings. The van der Waals surface area contributed by atoms with E-state index >= 15 is 0 Å². The largest absolute Gasteiger partial charge is 0.394 e. The van der Waals surface area contributed by atoms with Crippen LogP contribution in [-0.4, -0.2) is 51.4 Å². The molecule has 2 N–H and O–H groups in total. The van der Waals surface area contributed by atoms with Gasteiger partial charge in [0, 0.05) is 20.5 Å². The van der Waals surface area contributed by atoms with Gasteiger partial charge in [0.1, 0.15) is 0 Å². The zero-order chi connectivity index (χ0) is 20.1. The fourth-order valence-electron chi connectivity index (χ4n) is 5.37. The van der Waals surface area contributed by atoms with Gasteiger partial charge in [-0.3, -0.25) is 4.79 Å². The zero-order valence-electron chi connectivity index (χ0n) is 17.5. The van der Waals surface area contributed by atoms with Crippen LogP contribution >= 0.6 is 0 Å². The number of nitrogens with zero attached hydrogens (tertiary/aromatic N) is 3. The van der Waals surface area contributed by atoms with Gasteiger partial charge in [0.25, 0.3) is 0 Å². The fraction of sp³-hybridized carbons (Fsp3) is 0.864. The number of aliphatic hydroxyl groups is 1. The molecule has 1 aliphatic heterocycles. The van der Waals surface area contributed by atoms with E-state index in [0.29, 0.717) is 18.9 Å². The third kappa shape index (κ3) is 5.57. The summed E-state index contributed by atoms with van der Waals surface area (Å²) < 4.78 is 7.86. The predicted molar refractivity (Wildman–Crippen MR) is 111 cm³/mol. The van der Waals surface area contributed by atoms with Gasteiger partial charge in [-0.15, -0.1) is 5.10 Å². The van der Waals surface area contributed by atoms with Crippen LogP contribution in [0.25, 0.3) is 0 Å². The number of aliphatic hydroxyl groups excluding tert-OH is 1. The molecule has 1 aromatic heterocycles. The first-order chi connectivity index (χ1) is 14.2. The van der Waals surface area contributed by atoms with Crippen molar-refractivity contribution in [3.63, 3.8) is 0 Å². The lowest BCUT2D eigenvalue weighted by Gasteiger charge is -2.23. The molecule has 164 valence electrons. The highest BCUT2D eigenvalue weighted by Crippen LogP contribution is 2.30. The normalized spacial score (nSPS) is 27.3. The number of carbonyl (C=O) groups is 1. The summed E-state index contributed by atoms with van der Waals surface area (Å²) in [5.41, 5.74) is 1.07. The summed E-state index contributed by atoms with van der Waals surface area (Å²) in [6.45, 7) is 0.448. The van der Waals surface area contributed by atoms with Gasteiger partial charge in [0.05, 0.1) is 37.1 Å². The molecule has 1 amide bonds. The Bertz CT molecular complexity index is 659. The van der Waals surface area contributed by atoms with E-state index in [2.05, 4.69) is 21.8 Å². The van der Waals surface area contributed by atoms with E-state index in [-0.39, 0.29) is 32.1 Å². The number of rotatable bonds is 8. The highest BCUT2D eigenvalue weighted by Gasteiger charge is 2.34. The molecule has 0 spiro atoms. The first-order valence-corrected chi connectivity index (χ1v) is 11.6. The first kappa shape index (κ1) is 20.8. The van der Waals surface area contributed by atoms with Gasteiger partial charge in [-0.25, -0.2) is 4.68 Å². The predicted octanol–water partition coefficient (Wildman–Crippen LogP) is 3.03. The maximum Gasteiger partial charge on any atom is 0.220 e. The maximum atomic E-state index is 12.4. The minimum atomic E-state index is -0.348. The lowest BCUT2D eigenvalue weighted by molar-refractivity contribution is -0.124. The average Bonchev–Trinajstić information content (AvgIpc) is 3.49. The quantitative estimate of drug-likeness (QED) is 0.693. The van der Waals surface area contributed by atoms with Gasteiger partial charge in [0.2, 0.25) is 5.91 Å². The molecule has 3 atom stereocenters. The van der Waals surface area contributed by atoms with Crippen molar-refractivity contribution < 1.29 is 16.1 Å². The molecule has 4 rings (SSSR count).